The van der Waals surface area contributed by atoms with Gasteiger partial charge in [-0.3, -0.25) is 10.1 Å². The zero-order chi connectivity index (χ0) is 21.2. The number of nitrogens with zero attached hydrogens (tertiary/aromatic N) is 3. The summed E-state index contributed by atoms with van der Waals surface area (Å²) >= 11 is 0. The Hall–Kier alpha value is -3.40. The van der Waals surface area contributed by atoms with Crippen molar-refractivity contribution in [1.29, 1.82) is 0 Å². The highest BCUT2D eigenvalue weighted by molar-refractivity contribution is 7.90. The topological polar surface area (TPSA) is 116 Å². The average molecular weight is 416 g/mol. The van der Waals surface area contributed by atoms with Crippen molar-refractivity contribution in [2.75, 3.05) is 18.7 Å². The van der Waals surface area contributed by atoms with Gasteiger partial charge in [-0.05, 0) is 29.8 Å². The number of aryl methyl sites for hydroxylation is 1. The van der Waals surface area contributed by atoms with Crippen LogP contribution in [0.5, 0.6) is 5.75 Å². The Balaban J connectivity index is 2.11. The maximum Gasteiger partial charge on any atom is 0.293 e. The van der Waals surface area contributed by atoms with E-state index in [-0.39, 0.29) is 16.3 Å². The van der Waals surface area contributed by atoms with Crippen LogP contribution in [0.4, 0.5) is 11.4 Å². The van der Waals surface area contributed by atoms with Gasteiger partial charge in [0.2, 0.25) is 0 Å². The van der Waals surface area contributed by atoms with Crippen molar-refractivity contribution in [3.63, 3.8) is 0 Å². The summed E-state index contributed by atoms with van der Waals surface area (Å²) in [4.78, 5) is 15.2. The highest BCUT2D eigenvalue weighted by Gasteiger charge is 2.24. The molecule has 0 unspecified atom stereocenters. The van der Waals surface area contributed by atoms with Crippen LogP contribution >= 0.6 is 0 Å². The standard InChI is InChI=1S/C19H20N4O5S/c1-22-10-9-20-19(22)18(13-5-4-6-14(11-13)28-2)21-16-8-7-15(29(3,26)27)12-17(16)23(24)25/h4-12,18,21H,1-3H3/t18-/m1/s1. The molecule has 0 bridgehead atoms. The maximum absolute atomic E-state index is 11.8. The quantitative estimate of drug-likeness (QED) is 0.465. The molecule has 29 heavy (non-hydrogen) atoms. The lowest BCUT2D eigenvalue weighted by atomic mass is 10.0. The fourth-order valence-electron chi connectivity index (χ4n) is 2.94. The van der Waals surface area contributed by atoms with Gasteiger partial charge < -0.3 is 14.6 Å². The summed E-state index contributed by atoms with van der Waals surface area (Å²) < 4.78 is 30.7. The van der Waals surface area contributed by atoms with E-state index < -0.39 is 20.8 Å². The number of imidazole rings is 1. The van der Waals surface area contributed by atoms with Gasteiger partial charge in [-0.1, -0.05) is 12.1 Å². The number of nitro benzene ring substituents is 1. The molecule has 0 aliphatic carbocycles. The van der Waals surface area contributed by atoms with Crippen LogP contribution in [0.25, 0.3) is 0 Å². The minimum Gasteiger partial charge on any atom is -0.497 e. The fraction of sp³-hybridized carbons (Fsp3) is 0.211. The molecule has 0 saturated carbocycles. The molecular formula is C19H20N4O5S. The zero-order valence-corrected chi connectivity index (χ0v) is 16.9. The summed E-state index contributed by atoms with van der Waals surface area (Å²) in [6.07, 6.45) is 4.41. The second kappa shape index (κ2) is 7.92. The average Bonchev–Trinajstić information content (AvgIpc) is 3.10. The number of ether oxygens (including phenoxy) is 1. The van der Waals surface area contributed by atoms with Gasteiger partial charge in [0, 0.05) is 31.8 Å². The van der Waals surface area contributed by atoms with Gasteiger partial charge >= 0.3 is 0 Å². The molecule has 0 aliphatic heterocycles. The van der Waals surface area contributed by atoms with E-state index >= 15 is 0 Å². The van der Waals surface area contributed by atoms with Gasteiger partial charge in [0.25, 0.3) is 5.69 Å². The van der Waals surface area contributed by atoms with Gasteiger partial charge in [0.1, 0.15) is 23.3 Å². The number of hydrogen-bond acceptors (Lipinski definition) is 7. The monoisotopic (exact) mass is 416 g/mol. The first kappa shape index (κ1) is 20.3. The molecule has 3 aromatic rings. The van der Waals surface area contributed by atoms with Crippen LogP contribution in [0, 0.1) is 10.1 Å². The van der Waals surface area contributed by atoms with E-state index in [2.05, 4.69) is 10.3 Å². The minimum absolute atomic E-state index is 0.121. The first-order chi connectivity index (χ1) is 13.7. The molecule has 10 heteroatoms. The molecule has 1 N–H and O–H groups in total. The lowest BCUT2D eigenvalue weighted by Crippen LogP contribution is -2.17. The Morgan fingerprint density at radius 3 is 2.59 bits per heavy atom. The van der Waals surface area contributed by atoms with Crippen molar-refractivity contribution in [1.82, 2.24) is 9.55 Å². The first-order valence-electron chi connectivity index (χ1n) is 8.57. The van der Waals surface area contributed by atoms with E-state index in [9.17, 15) is 18.5 Å². The highest BCUT2D eigenvalue weighted by Crippen LogP contribution is 2.33. The van der Waals surface area contributed by atoms with Gasteiger partial charge in [-0.25, -0.2) is 13.4 Å². The number of benzene rings is 2. The Kier molecular flexibility index (Phi) is 5.55. The largest absolute Gasteiger partial charge is 0.497 e. The van der Waals surface area contributed by atoms with Gasteiger partial charge in [0.15, 0.2) is 9.84 Å². The van der Waals surface area contributed by atoms with E-state index in [0.717, 1.165) is 17.9 Å². The van der Waals surface area contributed by atoms with Gasteiger partial charge in [-0.2, -0.15) is 0 Å². The summed E-state index contributed by atoms with van der Waals surface area (Å²) in [5.41, 5.74) is 0.619. The Bertz CT molecular complexity index is 1160. The molecule has 3 rings (SSSR count). The smallest absolute Gasteiger partial charge is 0.293 e. The summed E-state index contributed by atoms with van der Waals surface area (Å²) in [5.74, 6) is 1.25. The van der Waals surface area contributed by atoms with E-state index in [1.807, 2.05) is 25.2 Å². The molecule has 0 fully saturated rings. The Morgan fingerprint density at radius 1 is 1.24 bits per heavy atom. The van der Waals surface area contributed by atoms with Crippen molar-refractivity contribution in [3.8, 4) is 5.75 Å². The number of methoxy groups -OCH3 is 1. The van der Waals surface area contributed by atoms with Crippen LogP contribution < -0.4 is 10.1 Å². The van der Waals surface area contributed by atoms with Gasteiger partial charge in [-0.15, -0.1) is 0 Å². The van der Waals surface area contributed by atoms with Crippen molar-refractivity contribution in [2.45, 2.75) is 10.9 Å². The van der Waals surface area contributed by atoms with Crippen molar-refractivity contribution in [3.05, 3.63) is 76.4 Å². The molecular weight excluding hydrogens is 396 g/mol. The lowest BCUT2D eigenvalue weighted by Gasteiger charge is -2.21. The molecule has 0 aliphatic rings. The predicted molar refractivity (Wildman–Crippen MR) is 108 cm³/mol. The van der Waals surface area contributed by atoms with E-state index in [0.29, 0.717) is 11.6 Å². The highest BCUT2D eigenvalue weighted by atomic mass is 32.2. The number of aromatic nitrogens is 2. The summed E-state index contributed by atoms with van der Waals surface area (Å²) in [6, 6.07) is 10.5. The molecule has 0 spiro atoms. The summed E-state index contributed by atoms with van der Waals surface area (Å²) in [5, 5.41) is 14.7. The third-order valence-corrected chi connectivity index (χ3v) is 5.55. The number of sulfone groups is 1. The summed E-state index contributed by atoms with van der Waals surface area (Å²) in [7, 11) is -0.210. The number of anilines is 1. The normalized spacial score (nSPS) is 12.4. The first-order valence-corrected chi connectivity index (χ1v) is 10.5. The van der Waals surface area contributed by atoms with E-state index in [1.165, 1.54) is 12.1 Å². The molecule has 152 valence electrons. The molecule has 0 amide bonds. The number of nitrogens with one attached hydrogen (secondary N) is 1. The number of nitro groups is 1. The van der Waals surface area contributed by atoms with Crippen LogP contribution in [0.3, 0.4) is 0 Å². The van der Waals surface area contributed by atoms with E-state index in [1.54, 1.807) is 30.1 Å². The van der Waals surface area contributed by atoms with Gasteiger partial charge in [0.05, 0.1) is 16.9 Å². The second-order valence-corrected chi connectivity index (χ2v) is 8.47. The molecule has 0 radical (unpaired) electrons. The van der Waals surface area contributed by atoms with Crippen LogP contribution in [-0.2, 0) is 16.9 Å². The van der Waals surface area contributed by atoms with Crippen LogP contribution in [0.2, 0.25) is 0 Å². The molecule has 1 atom stereocenters. The minimum atomic E-state index is -3.58. The lowest BCUT2D eigenvalue weighted by molar-refractivity contribution is -0.384. The molecule has 0 saturated heterocycles. The SMILES string of the molecule is COc1cccc([C@@H](Nc2ccc(S(C)(=O)=O)cc2[N+](=O)[O-])c2nccn2C)c1. The summed E-state index contributed by atoms with van der Waals surface area (Å²) in [6.45, 7) is 0. The molecule has 1 heterocycles. The number of rotatable bonds is 7. The Morgan fingerprint density at radius 2 is 2.00 bits per heavy atom. The van der Waals surface area contributed by atoms with Crippen LogP contribution in [-0.4, -0.2) is 36.3 Å². The zero-order valence-electron chi connectivity index (χ0n) is 16.1. The molecule has 2 aromatic carbocycles. The third-order valence-electron chi connectivity index (χ3n) is 4.44. The third kappa shape index (κ3) is 4.37. The van der Waals surface area contributed by atoms with E-state index in [4.69, 9.17) is 4.74 Å². The number of hydrogen-bond donors (Lipinski definition) is 1. The molecule has 1 aromatic heterocycles. The maximum atomic E-state index is 11.8. The Labute approximate surface area is 168 Å². The second-order valence-electron chi connectivity index (χ2n) is 6.46. The van der Waals surface area contributed by atoms with Crippen LogP contribution in [0.1, 0.15) is 17.4 Å². The van der Waals surface area contributed by atoms with Crippen LogP contribution in [0.15, 0.2) is 59.8 Å². The molecule has 9 nitrogen and oxygen atoms in total. The van der Waals surface area contributed by atoms with Crippen molar-refractivity contribution >= 4 is 21.2 Å². The van der Waals surface area contributed by atoms with Crippen molar-refractivity contribution in [2.24, 2.45) is 7.05 Å². The fourth-order valence-corrected chi connectivity index (χ4v) is 3.58. The predicted octanol–water partition coefficient (Wildman–Crippen LogP) is 2.94. The van der Waals surface area contributed by atoms with Crippen molar-refractivity contribution < 1.29 is 18.1 Å².